The molecule has 0 saturated carbocycles. The third-order valence-electron chi connectivity index (χ3n) is 4.45. The minimum absolute atomic E-state index is 0.216. The van der Waals surface area contributed by atoms with Crippen LogP contribution in [0.25, 0.3) is 6.08 Å². The zero-order chi connectivity index (χ0) is 18.3. The summed E-state index contributed by atoms with van der Waals surface area (Å²) in [6, 6.07) is 8.83. The molecule has 0 fully saturated rings. The number of carbonyl (C=O) groups excluding carboxylic acids is 1. The Labute approximate surface area is 154 Å². The summed E-state index contributed by atoms with van der Waals surface area (Å²) in [5.74, 6) is -0.216. The van der Waals surface area contributed by atoms with Crippen molar-refractivity contribution in [1.82, 2.24) is 0 Å². The van der Waals surface area contributed by atoms with Gasteiger partial charge in [-0.05, 0) is 36.0 Å². The van der Waals surface area contributed by atoms with Gasteiger partial charge in [-0.3, -0.25) is 4.79 Å². The molecule has 0 N–H and O–H groups in total. The molecule has 1 rings (SSSR count). The number of carbonyl (C=O) groups is 1. The summed E-state index contributed by atoms with van der Waals surface area (Å²) >= 11 is 0. The molecule has 0 amide bonds. The van der Waals surface area contributed by atoms with Gasteiger partial charge in [0.15, 0.2) is 0 Å². The van der Waals surface area contributed by atoms with Crippen molar-refractivity contribution >= 4 is 12.0 Å². The lowest BCUT2D eigenvalue weighted by Crippen LogP contribution is -2.03. The van der Waals surface area contributed by atoms with E-state index in [4.69, 9.17) is 4.74 Å². The van der Waals surface area contributed by atoms with Gasteiger partial charge in [0.2, 0.25) is 0 Å². The molecule has 140 valence electrons. The quantitative estimate of drug-likeness (QED) is 0.293. The van der Waals surface area contributed by atoms with Crippen molar-refractivity contribution in [3.63, 3.8) is 0 Å². The van der Waals surface area contributed by atoms with Gasteiger partial charge in [0.25, 0.3) is 0 Å². The summed E-state index contributed by atoms with van der Waals surface area (Å²) in [4.78, 5) is 11.0. The van der Waals surface area contributed by atoms with Crippen molar-refractivity contribution in [2.24, 2.45) is 0 Å². The van der Waals surface area contributed by atoms with E-state index in [-0.39, 0.29) is 5.97 Å². The van der Waals surface area contributed by atoms with E-state index in [2.05, 4.69) is 44.2 Å². The third kappa shape index (κ3) is 10.8. The maximum absolute atomic E-state index is 11.0. The van der Waals surface area contributed by atoms with E-state index in [1.807, 2.05) is 0 Å². The van der Waals surface area contributed by atoms with Crippen LogP contribution in [0.3, 0.4) is 0 Å². The first-order valence-electron chi connectivity index (χ1n) is 10.1. The number of hydrogen-bond donors (Lipinski definition) is 0. The van der Waals surface area contributed by atoms with Crippen LogP contribution >= 0.6 is 0 Å². The highest BCUT2D eigenvalue weighted by Crippen LogP contribution is 2.15. The summed E-state index contributed by atoms with van der Waals surface area (Å²) in [7, 11) is 0. The number of aryl methyl sites for hydroxylation is 1. The van der Waals surface area contributed by atoms with Gasteiger partial charge < -0.3 is 4.74 Å². The van der Waals surface area contributed by atoms with Gasteiger partial charge in [-0.15, -0.1) is 0 Å². The number of rotatable bonds is 13. The van der Waals surface area contributed by atoms with Gasteiger partial charge in [0.05, 0.1) is 0 Å². The van der Waals surface area contributed by atoms with E-state index in [0.29, 0.717) is 6.61 Å². The smallest absolute Gasteiger partial charge is 0.302 e. The molecule has 0 saturated heterocycles. The lowest BCUT2D eigenvalue weighted by molar-refractivity contribution is -0.140. The van der Waals surface area contributed by atoms with Crippen molar-refractivity contribution in [3.05, 3.63) is 41.0 Å². The summed E-state index contributed by atoms with van der Waals surface area (Å²) in [5, 5.41) is 0. The fourth-order valence-corrected chi connectivity index (χ4v) is 3.00. The Morgan fingerprint density at radius 3 is 2.16 bits per heavy atom. The number of esters is 1. The van der Waals surface area contributed by atoms with Crippen LogP contribution in [-0.4, -0.2) is 12.6 Å². The summed E-state index contributed by atoms with van der Waals surface area (Å²) in [5.41, 5.74) is 3.79. The van der Waals surface area contributed by atoms with Crippen molar-refractivity contribution in [3.8, 4) is 0 Å². The molecule has 0 heterocycles. The van der Waals surface area contributed by atoms with Crippen LogP contribution in [0.15, 0.2) is 29.8 Å². The number of hydrogen-bond acceptors (Lipinski definition) is 2. The van der Waals surface area contributed by atoms with Crippen LogP contribution in [0.2, 0.25) is 0 Å². The Morgan fingerprint density at radius 1 is 0.920 bits per heavy atom. The number of ether oxygens (including phenoxy) is 1. The highest BCUT2D eigenvalue weighted by molar-refractivity contribution is 5.66. The van der Waals surface area contributed by atoms with Gasteiger partial charge in [0.1, 0.15) is 6.61 Å². The van der Waals surface area contributed by atoms with Crippen LogP contribution in [-0.2, 0) is 16.0 Å². The Bertz CT molecular complexity index is 499. The molecule has 1 aromatic rings. The largest absolute Gasteiger partial charge is 0.461 e. The molecule has 0 aliphatic rings. The summed E-state index contributed by atoms with van der Waals surface area (Å²) in [6.45, 7) is 6.28. The van der Waals surface area contributed by atoms with Crippen LogP contribution < -0.4 is 0 Å². The van der Waals surface area contributed by atoms with Gasteiger partial charge in [0, 0.05) is 6.92 Å². The molecule has 0 spiro atoms. The lowest BCUT2D eigenvalue weighted by atomic mass is 10.0. The second-order valence-corrected chi connectivity index (χ2v) is 6.95. The zero-order valence-corrected chi connectivity index (χ0v) is 16.5. The Morgan fingerprint density at radius 2 is 1.56 bits per heavy atom. The minimum atomic E-state index is -0.216. The van der Waals surface area contributed by atoms with Gasteiger partial charge in [-0.25, -0.2) is 0 Å². The molecule has 2 heteroatoms. The summed E-state index contributed by atoms with van der Waals surface area (Å²) < 4.78 is 5.15. The van der Waals surface area contributed by atoms with Gasteiger partial charge in [-0.1, -0.05) is 89.1 Å². The Kier molecular flexibility index (Phi) is 11.8. The van der Waals surface area contributed by atoms with Crippen LogP contribution in [0.5, 0.6) is 0 Å². The number of benzene rings is 1. The molecule has 0 unspecified atom stereocenters. The second-order valence-electron chi connectivity index (χ2n) is 6.95. The second kappa shape index (κ2) is 13.7. The SMILES string of the molecule is CCCCCCCCCc1ccc(/C=C(\CCC)COC(C)=O)cc1. The normalized spacial score (nSPS) is 11.6. The zero-order valence-electron chi connectivity index (χ0n) is 16.5. The van der Waals surface area contributed by atoms with Crippen molar-refractivity contribution in [1.29, 1.82) is 0 Å². The van der Waals surface area contributed by atoms with E-state index in [0.717, 1.165) is 12.8 Å². The average Bonchev–Trinajstić information content (AvgIpc) is 2.60. The molecule has 25 heavy (non-hydrogen) atoms. The molecule has 0 aliphatic carbocycles. The van der Waals surface area contributed by atoms with Crippen molar-refractivity contribution in [2.75, 3.05) is 6.61 Å². The Balaban J connectivity index is 2.40. The molecule has 0 aromatic heterocycles. The van der Waals surface area contributed by atoms with Crippen LogP contribution in [0, 0.1) is 0 Å². The highest BCUT2D eigenvalue weighted by Gasteiger charge is 2.01. The molecular weight excluding hydrogens is 308 g/mol. The standard InChI is InChI=1S/C23H36O2/c1-4-6-7-8-9-10-11-13-21-14-16-22(17-15-21)18-23(12-5-2)19-25-20(3)24/h14-18H,4-13,19H2,1-3H3/b23-18+. The van der Waals surface area contributed by atoms with E-state index in [1.54, 1.807) is 0 Å². The first-order chi connectivity index (χ1) is 12.2. The molecule has 0 aliphatic heterocycles. The molecule has 2 nitrogen and oxygen atoms in total. The monoisotopic (exact) mass is 344 g/mol. The van der Waals surface area contributed by atoms with Crippen molar-refractivity contribution in [2.45, 2.75) is 85.0 Å². The van der Waals surface area contributed by atoms with E-state index >= 15 is 0 Å². The maximum atomic E-state index is 11.0. The highest BCUT2D eigenvalue weighted by atomic mass is 16.5. The summed E-state index contributed by atoms with van der Waals surface area (Å²) in [6.07, 6.45) is 14.8. The van der Waals surface area contributed by atoms with Crippen LogP contribution in [0.1, 0.15) is 89.7 Å². The maximum Gasteiger partial charge on any atom is 0.302 e. The predicted molar refractivity (Wildman–Crippen MR) is 108 cm³/mol. The first-order valence-corrected chi connectivity index (χ1v) is 10.1. The van der Waals surface area contributed by atoms with E-state index < -0.39 is 0 Å². The lowest BCUT2D eigenvalue weighted by Gasteiger charge is -2.07. The molecule has 0 atom stereocenters. The van der Waals surface area contributed by atoms with E-state index in [9.17, 15) is 4.79 Å². The third-order valence-corrected chi connectivity index (χ3v) is 4.45. The van der Waals surface area contributed by atoms with Gasteiger partial charge in [-0.2, -0.15) is 0 Å². The minimum Gasteiger partial charge on any atom is -0.461 e. The Hall–Kier alpha value is -1.57. The molecule has 1 aromatic carbocycles. The molecule has 0 bridgehead atoms. The number of unbranched alkanes of at least 4 members (excludes halogenated alkanes) is 6. The molecule has 0 radical (unpaired) electrons. The van der Waals surface area contributed by atoms with Crippen LogP contribution in [0.4, 0.5) is 0 Å². The fraction of sp³-hybridized carbons (Fsp3) is 0.609. The first kappa shape index (κ1) is 21.5. The topological polar surface area (TPSA) is 26.3 Å². The fourth-order valence-electron chi connectivity index (χ4n) is 3.00. The average molecular weight is 345 g/mol. The van der Waals surface area contributed by atoms with E-state index in [1.165, 1.54) is 75.0 Å². The van der Waals surface area contributed by atoms with Crippen molar-refractivity contribution < 1.29 is 9.53 Å². The predicted octanol–water partition coefficient (Wildman–Crippen LogP) is 6.73. The van der Waals surface area contributed by atoms with Gasteiger partial charge >= 0.3 is 5.97 Å². The molecular formula is C23H36O2.